The van der Waals surface area contributed by atoms with E-state index in [1.54, 1.807) is 18.5 Å². The lowest BCUT2D eigenvalue weighted by atomic mass is 10.2. The molecule has 0 fully saturated rings. The van der Waals surface area contributed by atoms with Crippen LogP contribution in [0.3, 0.4) is 0 Å². The maximum Gasteiger partial charge on any atom is 0.276 e. The van der Waals surface area contributed by atoms with E-state index in [1.165, 1.54) is 0 Å². The average molecular weight is 372 g/mol. The molecule has 0 radical (unpaired) electrons. The molecule has 0 unspecified atom stereocenters. The Morgan fingerprint density at radius 2 is 1.75 bits per heavy atom. The minimum absolute atomic E-state index is 0.170. The van der Waals surface area contributed by atoms with Gasteiger partial charge in [-0.1, -0.05) is 42.5 Å². The molecular weight excluding hydrogens is 356 g/mol. The third-order valence-electron chi connectivity index (χ3n) is 3.91. The van der Waals surface area contributed by atoms with Gasteiger partial charge in [0.1, 0.15) is 11.4 Å². The Morgan fingerprint density at radius 1 is 0.929 bits per heavy atom. The fourth-order valence-corrected chi connectivity index (χ4v) is 2.57. The number of hydrogen-bond donors (Lipinski definition) is 2. The van der Waals surface area contributed by atoms with Crippen molar-refractivity contribution in [3.63, 3.8) is 0 Å². The van der Waals surface area contributed by atoms with Crippen LogP contribution < -0.4 is 15.6 Å². The van der Waals surface area contributed by atoms with Crippen LogP contribution in [-0.2, 0) is 4.79 Å². The van der Waals surface area contributed by atoms with Crippen molar-refractivity contribution in [1.82, 2.24) is 25.6 Å². The molecule has 2 aromatic heterocycles. The second-order valence-electron chi connectivity index (χ2n) is 5.82. The number of nitrogens with zero attached hydrogens (tertiary/aromatic N) is 4. The van der Waals surface area contributed by atoms with Crippen LogP contribution in [0.2, 0.25) is 0 Å². The lowest BCUT2D eigenvalue weighted by molar-refractivity contribution is -0.122. The molecule has 0 spiro atoms. The predicted molar refractivity (Wildman–Crippen MR) is 104 cm³/mol. The number of fused-ring (bicyclic) bond motifs is 1. The van der Waals surface area contributed by atoms with Crippen molar-refractivity contribution >= 4 is 22.8 Å². The van der Waals surface area contributed by atoms with E-state index in [9.17, 15) is 4.79 Å². The number of benzene rings is 2. The number of nitrogens with one attached hydrogen (secondary N) is 2. The zero-order valence-electron chi connectivity index (χ0n) is 14.7. The number of anilines is 1. The van der Waals surface area contributed by atoms with Gasteiger partial charge in [-0.15, -0.1) is 10.2 Å². The van der Waals surface area contributed by atoms with E-state index in [4.69, 9.17) is 4.74 Å². The van der Waals surface area contributed by atoms with Crippen LogP contribution in [0.1, 0.15) is 0 Å². The molecule has 2 aromatic carbocycles. The number of para-hydroxylation sites is 1. The van der Waals surface area contributed by atoms with Crippen molar-refractivity contribution in [2.24, 2.45) is 0 Å². The van der Waals surface area contributed by atoms with Gasteiger partial charge in [0, 0.05) is 17.1 Å². The zero-order valence-corrected chi connectivity index (χ0v) is 14.7. The van der Waals surface area contributed by atoms with Crippen molar-refractivity contribution in [3.8, 4) is 17.0 Å². The van der Waals surface area contributed by atoms with Crippen LogP contribution in [0, 0.1) is 0 Å². The average Bonchev–Trinajstić information content (AvgIpc) is 2.77. The Hall–Kier alpha value is -4.07. The highest BCUT2D eigenvalue weighted by Gasteiger charge is 2.07. The van der Waals surface area contributed by atoms with E-state index in [2.05, 4.69) is 31.0 Å². The third-order valence-corrected chi connectivity index (χ3v) is 3.91. The van der Waals surface area contributed by atoms with E-state index in [0.29, 0.717) is 11.4 Å². The van der Waals surface area contributed by atoms with Gasteiger partial charge in [0.15, 0.2) is 6.61 Å². The highest BCUT2D eigenvalue weighted by Crippen LogP contribution is 2.23. The summed E-state index contributed by atoms with van der Waals surface area (Å²) >= 11 is 0. The lowest BCUT2D eigenvalue weighted by Crippen LogP contribution is -2.34. The van der Waals surface area contributed by atoms with Crippen molar-refractivity contribution in [2.75, 3.05) is 12.0 Å². The van der Waals surface area contributed by atoms with Crippen LogP contribution in [0.15, 0.2) is 73.1 Å². The molecular formula is C20H16N6O2. The van der Waals surface area contributed by atoms with Gasteiger partial charge in [0.05, 0.1) is 11.7 Å². The quantitative estimate of drug-likeness (QED) is 0.502. The third kappa shape index (κ3) is 4.01. The maximum atomic E-state index is 12.0. The molecule has 1 amide bonds. The molecule has 0 saturated carbocycles. The fourth-order valence-electron chi connectivity index (χ4n) is 2.57. The van der Waals surface area contributed by atoms with Gasteiger partial charge >= 0.3 is 0 Å². The first kappa shape index (κ1) is 17.3. The van der Waals surface area contributed by atoms with Gasteiger partial charge < -0.3 is 4.74 Å². The second kappa shape index (κ2) is 8.09. The monoisotopic (exact) mass is 372 g/mol. The molecule has 2 N–H and O–H groups in total. The van der Waals surface area contributed by atoms with Gasteiger partial charge in [-0.25, -0.2) is 4.98 Å². The van der Waals surface area contributed by atoms with Crippen molar-refractivity contribution in [3.05, 3.63) is 73.1 Å². The summed E-state index contributed by atoms with van der Waals surface area (Å²) in [6.07, 6.45) is 3.22. The van der Waals surface area contributed by atoms with Gasteiger partial charge in [-0.05, 0) is 18.2 Å². The van der Waals surface area contributed by atoms with Crippen molar-refractivity contribution in [2.45, 2.75) is 0 Å². The summed E-state index contributed by atoms with van der Waals surface area (Å²) in [7, 11) is 0. The summed E-state index contributed by atoms with van der Waals surface area (Å²) in [5.74, 6) is 0.393. The molecule has 0 saturated heterocycles. The van der Waals surface area contributed by atoms with Gasteiger partial charge in [-0.3, -0.25) is 20.6 Å². The molecule has 8 nitrogen and oxygen atoms in total. The van der Waals surface area contributed by atoms with E-state index in [-0.39, 0.29) is 18.5 Å². The number of amides is 1. The number of hydrogen-bond acceptors (Lipinski definition) is 7. The zero-order chi connectivity index (χ0) is 19.2. The summed E-state index contributed by atoms with van der Waals surface area (Å²) in [5.41, 5.74) is 7.46. The summed E-state index contributed by atoms with van der Waals surface area (Å²) in [6, 6.07) is 18.9. The fraction of sp³-hybridized carbons (Fsp3) is 0.0500. The summed E-state index contributed by atoms with van der Waals surface area (Å²) in [6.45, 7) is -0.170. The lowest BCUT2D eigenvalue weighted by Gasteiger charge is -2.10. The van der Waals surface area contributed by atoms with Gasteiger partial charge in [0.2, 0.25) is 0 Å². The highest BCUT2D eigenvalue weighted by molar-refractivity contribution is 5.85. The molecule has 28 heavy (non-hydrogen) atoms. The van der Waals surface area contributed by atoms with Crippen LogP contribution in [-0.4, -0.2) is 32.7 Å². The Morgan fingerprint density at radius 3 is 2.57 bits per heavy atom. The predicted octanol–water partition coefficient (Wildman–Crippen LogP) is 2.61. The molecule has 0 aliphatic rings. The molecule has 0 bridgehead atoms. The van der Waals surface area contributed by atoms with Crippen LogP contribution >= 0.6 is 0 Å². The first-order valence-electron chi connectivity index (χ1n) is 8.56. The van der Waals surface area contributed by atoms with Gasteiger partial charge in [0.25, 0.3) is 11.9 Å². The minimum Gasteiger partial charge on any atom is -0.483 e. The van der Waals surface area contributed by atoms with Crippen molar-refractivity contribution in [1.29, 1.82) is 0 Å². The SMILES string of the molecule is O=C(COc1ccnc2ccccc12)NNc1ncc(-c2ccccc2)nn1. The number of carbonyl (C=O) groups is 1. The van der Waals surface area contributed by atoms with Crippen molar-refractivity contribution < 1.29 is 9.53 Å². The Labute approximate surface area is 160 Å². The Kier molecular flexibility index (Phi) is 5.01. The standard InChI is InChI=1S/C20H16N6O2/c27-19(13-28-18-10-11-21-16-9-5-4-8-15(16)18)24-26-20-22-12-17(23-25-20)14-6-2-1-3-7-14/h1-12H,13H2,(H,24,27)(H,22,25,26). The number of rotatable bonds is 6. The Balaban J connectivity index is 1.32. The number of aromatic nitrogens is 4. The first-order chi connectivity index (χ1) is 13.8. The number of pyridine rings is 1. The normalized spacial score (nSPS) is 10.4. The highest BCUT2D eigenvalue weighted by atomic mass is 16.5. The van der Waals surface area contributed by atoms with E-state index < -0.39 is 0 Å². The molecule has 2 heterocycles. The summed E-state index contributed by atoms with van der Waals surface area (Å²) in [5, 5.41) is 8.88. The summed E-state index contributed by atoms with van der Waals surface area (Å²) in [4.78, 5) is 20.4. The molecule has 0 aliphatic heterocycles. The van der Waals surface area contributed by atoms with Crippen LogP contribution in [0.5, 0.6) is 5.75 Å². The number of carbonyl (C=O) groups excluding carboxylic acids is 1. The molecule has 0 aliphatic carbocycles. The topological polar surface area (TPSA) is 102 Å². The van der Waals surface area contributed by atoms with E-state index >= 15 is 0 Å². The molecule has 138 valence electrons. The summed E-state index contributed by atoms with van der Waals surface area (Å²) < 4.78 is 5.60. The second-order valence-corrected chi connectivity index (χ2v) is 5.82. The first-order valence-corrected chi connectivity index (χ1v) is 8.56. The van der Waals surface area contributed by atoms with Gasteiger partial charge in [-0.2, -0.15) is 0 Å². The van der Waals surface area contributed by atoms with E-state index in [0.717, 1.165) is 16.5 Å². The minimum atomic E-state index is -0.378. The maximum absolute atomic E-state index is 12.0. The molecule has 8 heteroatoms. The van der Waals surface area contributed by atoms with Crippen LogP contribution in [0.25, 0.3) is 22.2 Å². The number of ether oxygens (including phenoxy) is 1. The molecule has 4 rings (SSSR count). The van der Waals surface area contributed by atoms with E-state index in [1.807, 2.05) is 54.6 Å². The van der Waals surface area contributed by atoms with Crippen LogP contribution in [0.4, 0.5) is 5.95 Å². The largest absolute Gasteiger partial charge is 0.483 e. The number of hydrazine groups is 1. The molecule has 0 atom stereocenters. The smallest absolute Gasteiger partial charge is 0.276 e. The Bertz CT molecular complexity index is 1080. The molecule has 4 aromatic rings.